The maximum absolute atomic E-state index is 12.3. The van der Waals surface area contributed by atoms with Crippen LogP contribution in [0.1, 0.15) is 18.3 Å². The summed E-state index contributed by atoms with van der Waals surface area (Å²) in [7, 11) is -3.69. The molecule has 0 amide bonds. The SMILES string of the molecule is O=S(=O)(NCCC(O)c1ccco1)c1ccc2c(c1)OCCO2. The summed E-state index contributed by atoms with van der Waals surface area (Å²) in [6, 6.07) is 7.76. The molecule has 7 nitrogen and oxygen atoms in total. The summed E-state index contributed by atoms with van der Waals surface area (Å²) >= 11 is 0. The van der Waals surface area contributed by atoms with Gasteiger partial charge in [-0.05, 0) is 30.7 Å². The lowest BCUT2D eigenvalue weighted by Gasteiger charge is -2.19. The highest BCUT2D eigenvalue weighted by molar-refractivity contribution is 7.89. The van der Waals surface area contributed by atoms with Crippen molar-refractivity contribution in [2.75, 3.05) is 19.8 Å². The minimum atomic E-state index is -3.69. The number of rotatable bonds is 6. The molecule has 1 atom stereocenters. The van der Waals surface area contributed by atoms with E-state index in [1.807, 2.05) is 0 Å². The van der Waals surface area contributed by atoms with Crippen molar-refractivity contribution < 1.29 is 27.4 Å². The number of benzene rings is 1. The number of nitrogens with one attached hydrogen (secondary N) is 1. The van der Waals surface area contributed by atoms with Gasteiger partial charge in [0.15, 0.2) is 11.5 Å². The highest BCUT2D eigenvalue weighted by Crippen LogP contribution is 2.32. The summed E-state index contributed by atoms with van der Waals surface area (Å²) in [6.07, 6.45) is 0.808. The molecule has 1 aliphatic rings. The molecule has 1 unspecified atom stereocenters. The third-order valence-electron chi connectivity index (χ3n) is 3.41. The van der Waals surface area contributed by atoms with Crippen LogP contribution in [-0.4, -0.2) is 33.3 Å². The normalized spacial score (nSPS) is 15.3. The third kappa shape index (κ3) is 3.66. The first kappa shape index (κ1) is 15.9. The summed E-state index contributed by atoms with van der Waals surface area (Å²) < 4.78 is 42.8. The van der Waals surface area contributed by atoms with Gasteiger partial charge in [-0.15, -0.1) is 0 Å². The fourth-order valence-corrected chi connectivity index (χ4v) is 3.29. The zero-order valence-corrected chi connectivity index (χ0v) is 13.1. The maximum Gasteiger partial charge on any atom is 0.240 e. The predicted molar refractivity (Wildman–Crippen MR) is 80.9 cm³/mol. The van der Waals surface area contributed by atoms with Crippen molar-refractivity contribution in [1.82, 2.24) is 4.72 Å². The van der Waals surface area contributed by atoms with E-state index in [2.05, 4.69) is 4.72 Å². The number of hydrogen-bond donors (Lipinski definition) is 2. The molecule has 0 saturated heterocycles. The van der Waals surface area contributed by atoms with Crippen LogP contribution in [0.2, 0.25) is 0 Å². The van der Waals surface area contributed by atoms with Crippen LogP contribution in [0.25, 0.3) is 0 Å². The molecule has 1 aromatic heterocycles. The Labute approximate surface area is 133 Å². The summed E-state index contributed by atoms with van der Waals surface area (Å²) in [5.41, 5.74) is 0. The predicted octanol–water partition coefficient (Wildman–Crippen LogP) is 1.45. The van der Waals surface area contributed by atoms with E-state index in [4.69, 9.17) is 13.9 Å². The number of sulfonamides is 1. The zero-order valence-electron chi connectivity index (χ0n) is 12.3. The Kier molecular flexibility index (Phi) is 4.56. The largest absolute Gasteiger partial charge is 0.486 e. The second-order valence-corrected chi connectivity index (χ2v) is 6.79. The van der Waals surface area contributed by atoms with Crippen LogP contribution in [-0.2, 0) is 10.0 Å². The highest BCUT2D eigenvalue weighted by atomic mass is 32.2. The molecule has 0 spiro atoms. The number of furan rings is 1. The molecule has 2 aromatic rings. The van der Waals surface area contributed by atoms with Gasteiger partial charge in [-0.3, -0.25) is 0 Å². The quantitative estimate of drug-likeness (QED) is 0.827. The Morgan fingerprint density at radius 1 is 1.17 bits per heavy atom. The van der Waals surface area contributed by atoms with Gasteiger partial charge in [0.2, 0.25) is 10.0 Å². The monoisotopic (exact) mass is 339 g/mol. The summed E-state index contributed by atoms with van der Waals surface area (Å²) in [5, 5.41) is 9.87. The second-order valence-electron chi connectivity index (χ2n) is 5.02. The van der Waals surface area contributed by atoms with Crippen molar-refractivity contribution in [2.24, 2.45) is 0 Å². The first-order chi connectivity index (χ1) is 11.1. The lowest BCUT2D eigenvalue weighted by Crippen LogP contribution is -2.26. The molecule has 0 bridgehead atoms. The van der Waals surface area contributed by atoms with E-state index in [0.717, 1.165) is 0 Å². The van der Waals surface area contributed by atoms with Gasteiger partial charge >= 0.3 is 0 Å². The fourth-order valence-electron chi connectivity index (χ4n) is 2.23. The van der Waals surface area contributed by atoms with Gasteiger partial charge in [0.25, 0.3) is 0 Å². The number of aliphatic hydroxyl groups excluding tert-OH is 1. The highest BCUT2D eigenvalue weighted by Gasteiger charge is 2.20. The van der Waals surface area contributed by atoms with Crippen LogP contribution in [0, 0.1) is 0 Å². The van der Waals surface area contributed by atoms with Crippen LogP contribution in [0.4, 0.5) is 0 Å². The Morgan fingerprint density at radius 2 is 1.96 bits per heavy atom. The van der Waals surface area contributed by atoms with E-state index in [0.29, 0.717) is 30.5 Å². The molecule has 2 N–H and O–H groups in total. The smallest absolute Gasteiger partial charge is 0.240 e. The Bertz CT molecular complexity index is 756. The van der Waals surface area contributed by atoms with Gasteiger partial charge in [0.05, 0.1) is 11.2 Å². The van der Waals surface area contributed by atoms with Gasteiger partial charge in [-0.25, -0.2) is 13.1 Å². The fraction of sp³-hybridized carbons (Fsp3) is 0.333. The van der Waals surface area contributed by atoms with Crippen molar-refractivity contribution in [2.45, 2.75) is 17.4 Å². The number of ether oxygens (including phenoxy) is 2. The van der Waals surface area contributed by atoms with Gasteiger partial charge < -0.3 is 19.0 Å². The van der Waals surface area contributed by atoms with Crippen molar-refractivity contribution in [1.29, 1.82) is 0 Å². The summed E-state index contributed by atoms with van der Waals surface area (Å²) in [5.74, 6) is 1.35. The Hall–Kier alpha value is -2.03. The molecule has 1 aromatic carbocycles. The van der Waals surface area contributed by atoms with Crippen molar-refractivity contribution in [3.63, 3.8) is 0 Å². The Morgan fingerprint density at radius 3 is 2.70 bits per heavy atom. The lowest BCUT2D eigenvalue weighted by atomic mass is 10.2. The molecule has 0 fully saturated rings. The van der Waals surface area contributed by atoms with E-state index in [1.54, 1.807) is 18.2 Å². The second kappa shape index (κ2) is 6.61. The van der Waals surface area contributed by atoms with Crippen LogP contribution in [0.3, 0.4) is 0 Å². The topological polar surface area (TPSA) is 98.0 Å². The van der Waals surface area contributed by atoms with E-state index < -0.39 is 16.1 Å². The number of aliphatic hydroxyl groups is 1. The molecule has 2 heterocycles. The summed E-state index contributed by atoms with van der Waals surface area (Å²) in [6.45, 7) is 0.917. The van der Waals surface area contributed by atoms with E-state index >= 15 is 0 Å². The molecule has 0 radical (unpaired) electrons. The van der Waals surface area contributed by atoms with Crippen LogP contribution >= 0.6 is 0 Å². The summed E-state index contributed by atoms with van der Waals surface area (Å²) in [4.78, 5) is 0.0919. The zero-order chi connectivity index (χ0) is 16.3. The van der Waals surface area contributed by atoms with E-state index in [9.17, 15) is 13.5 Å². The average Bonchev–Trinajstić information content (AvgIpc) is 3.08. The first-order valence-electron chi connectivity index (χ1n) is 7.17. The van der Waals surface area contributed by atoms with Gasteiger partial charge in [-0.2, -0.15) is 0 Å². The molecule has 23 heavy (non-hydrogen) atoms. The van der Waals surface area contributed by atoms with Crippen molar-refractivity contribution in [3.8, 4) is 11.5 Å². The maximum atomic E-state index is 12.3. The Balaban J connectivity index is 1.63. The van der Waals surface area contributed by atoms with Gasteiger partial charge in [0, 0.05) is 12.6 Å². The molecular weight excluding hydrogens is 322 g/mol. The van der Waals surface area contributed by atoms with Crippen LogP contribution in [0.5, 0.6) is 11.5 Å². The van der Waals surface area contributed by atoms with E-state index in [1.165, 1.54) is 18.4 Å². The first-order valence-corrected chi connectivity index (χ1v) is 8.65. The van der Waals surface area contributed by atoms with Gasteiger partial charge in [0.1, 0.15) is 25.1 Å². The third-order valence-corrected chi connectivity index (χ3v) is 4.86. The molecule has 124 valence electrons. The molecule has 0 aliphatic carbocycles. The standard InChI is InChI=1S/C15H17NO6S/c17-12(13-2-1-7-20-13)5-6-16-23(18,19)11-3-4-14-15(10-11)22-9-8-21-14/h1-4,7,10,12,16-17H,5-6,8-9H2. The van der Waals surface area contributed by atoms with Crippen LogP contribution in [0.15, 0.2) is 45.9 Å². The molecule has 3 rings (SSSR count). The number of hydrogen-bond acceptors (Lipinski definition) is 6. The average molecular weight is 339 g/mol. The molecule has 0 saturated carbocycles. The van der Waals surface area contributed by atoms with E-state index in [-0.39, 0.29) is 17.9 Å². The van der Waals surface area contributed by atoms with Crippen molar-refractivity contribution >= 4 is 10.0 Å². The number of fused-ring (bicyclic) bond motifs is 1. The van der Waals surface area contributed by atoms with Crippen molar-refractivity contribution in [3.05, 3.63) is 42.4 Å². The molecular formula is C15H17NO6S. The van der Waals surface area contributed by atoms with Crippen LogP contribution < -0.4 is 14.2 Å². The molecule has 8 heteroatoms. The lowest BCUT2D eigenvalue weighted by molar-refractivity contribution is 0.141. The van der Waals surface area contributed by atoms with Gasteiger partial charge in [-0.1, -0.05) is 0 Å². The minimum Gasteiger partial charge on any atom is -0.486 e. The molecule has 1 aliphatic heterocycles. The minimum absolute atomic E-state index is 0.0820.